The average Bonchev–Trinajstić information content (AvgIpc) is 2.65. The minimum Gasteiger partial charge on any atom is -0.341 e. The van der Waals surface area contributed by atoms with Crippen molar-refractivity contribution in [3.05, 3.63) is 28.8 Å². The van der Waals surface area contributed by atoms with Crippen LogP contribution >= 0.6 is 11.6 Å². The summed E-state index contributed by atoms with van der Waals surface area (Å²) in [7, 11) is -4.27. The van der Waals surface area contributed by atoms with Crippen LogP contribution in [0.4, 0.5) is 13.2 Å². The molecule has 156 valence electrons. The van der Waals surface area contributed by atoms with E-state index in [1.165, 1.54) is 12.8 Å². The molecule has 1 amide bonds. The van der Waals surface area contributed by atoms with Crippen LogP contribution in [0.3, 0.4) is 0 Å². The van der Waals surface area contributed by atoms with Crippen LogP contribution in [0, 0.1) is 11.8 Å². The fourth-order valence-electron chi connectivity index (χ4n) is 4.07. The standard InChI is InChI=1S/C18H22ClF3N2O3S/c19-16-6-5-14(9-15(16)18(20,21)22)28(26,27)23-10-17(25)24-8-7-12-3-1-2-4-13(12)11-24/h5-6,9,12-13,23H,1-4,7-8,10-11H2/t12-,13-/m0/s1. The molecule has 2 aliphatic rings. The third-order valence-electron chi connectivity index (χ3n) is 5.61. The van der Waals surface area contributed by atoms with Crippen LogP contribution in [-0.2, 0) is 21.0 Å². The molecule has 28 heavy (non-hydrogen) atoms. The number of carbonyl (C=O) groups excluding carboxylic acids is 1. The van der Waals surface area contributed by atoms with E-state index < -0.39 is 38.2 Å². The number of benzene rings is 1. The van der Waals surface area contributed by atoms with Crippen LogP contribution in [0.25, 0.3) is 0 Å². The first-order valence-corrected chi connectivity index (χ1v) is 11.1. The lowest BCUT2D eigenvalue weighted by atomic mass is 9.75. The van der Waals surface area contributed by atoms with E-state index in [0.717, 1.165) is 31.4 Å². The highest BCUT2D eigenvalue weighted by Gasteiger charge is 2.35. The van der Waals surface area contributed by atoms with E-state index in [1.807, 2.05) is 0 Å². The van der Waals surface area contributed by atoms with E-state index in [1.54, 1.807) is 4.90 Å². The molecule has 1 aromatic carbocycles. The summed E-state index contributed by atoms with van der Waals surface area (Å²) in [6.07, 6.45) is 0.754. The Morgan fingerprint density at radius 2 is 1.86 bits per heavy atom. The third kappa shape index (κ3) is 4.80. The van der Waals surface area contributed by atoms with E-state index >= 15 is 0 Å². The SMILES string of the molecule is O=C(CNS(=O)(=O)c1ccc(Cl)c(C(F)(F)F)c1)N1CC[C@@H]2CCCC[C@H]2C1. The molecule has 5 nitrogen and oxygen atoms in total. The molecular weight excluding hydrogens is 417 g/mol. The van der Waals surface area contributed by atoms with Gasteiger partial charge in [-0.25, -0.2) is 13.1 Å². The van der Waals surface area contributed by atoms with Crippen molar-refractivity contribution in [1.82, 2.24) is 9.62 Å². The molecule has 0 spiro atoms. The molecule has 0 bridgehead atoms. The lowest BCUT2D eigenvalue weighted by Gasteiger charge is -2.41. The van der Waals surface area contributed by atoms with Crippen LogP contribution in [0.1, 0.15) is 37.7 Å². The molecule has 1 saturated heterocycles. The highest BCUT2D eigenvalue weighted by atomic mass is 35.5. The molecule has 1 aromatic rings. The number of fused-ring (bicyclic) bond motifs is 1. The molecule has 3 rings (SSSR count). The van der Waals surface area contributed by atoms with Crippen molar-refractivity contribution in [3.8, 4) is 0 Å². The quantitative estimate of drug-likeness (QED) is 0.779. The molecule has 0 unspecified atom stereocenters. The molecule has 1 heterocycles. The molecule has 0 aromatic heterocycles. The van der Waals surface area contributed by atoms with Crippen molar-refractivity contribution in [1.29, 1.82) is 0 Å². The maximum absolute atomic E-state index is 12.9. The van der Waals surface area contributed by atoms with Crippen LogP contribution in [-0.4, -0.2) is 38.9 Å². The monoisotopic (exact) mass is 438 g/mol. The number of alkyl halides is 3. The molecule has 1 aliphatic carbocycles. The van der Waals surface area contributed by atoms with Gasteiger partial charge in [0.25, 0.3) is 0 Å². The van der Waals surface area contributed by atoms with Gasteiger partial charge in [0.15, 0.2) is 0 Å². The number of likely N-dealkylation sites (tertiary alicyclic amines) is 1. The van der Waals surface area contributed by atoms with E-state index in [0.29, 0.717) is 31.0 Å². The Morgan fingerprint density at radius 3 is 2.54 bits per heavy atom. The maximum atomic E-state index is 12.9. The summed E-state index contributed by atoms with van der Waals surface area (Å²) < 4.78 is 65.7. The fourth-order valence-corrected chi connectivity index (χ4v) is 5.29. The van der Waals surface area contributed by atoms with Gasteiger partial charge in [-0.2, -0.15) is 13.2 Å². The predicted octanol–water partition coefficient (Wildman–Crippen LogP) is 3.68. The smallest absolute Gasteiger partial charge is 0.341 e. The number of nitrogens with zero attached hydrogens (tertiary/aromatic N) is 1. The average molecular weight is 439 g/mol. The highest BCUT2D eigenvalue weighted by Crippen LogP contribution is 2.37. The van der Waals surface area contributed by atoms with E-state index in [9.17, 15) is 26.4 Å². The number of halogens is 4. The van der Waals surface area contributed by atoms with Crippen molar-refractivity contribution < 1.29 is 26.4 Å². The van der Waals surface area contributed by atoms with Crippen LogP contribution in [0.2, 0.25) is 5.02 Å². The summed E-state index contributed by atoms with van der Waals surface area (Å²) in [6.45, 7) is 0.717. The van der Waals surface area contributed by atoms with Gasteiger partial charge in [0.1, 0.15) is 0 Å². The van der Waals surface area contributed by atoms with Crippen molar-refractivity contribution in [3.63, 3.8) is 0 Å². The Bertz CT molecular complexity index is 845. The fraction of sp³-hybridized carbons (Fsp3) is 0.611. The predicted molar refractivity (Wildman–Crippen MR) is 98.3 cm³/mol. The van der Waals surface area contributed by atoms with E-state index in [2.05, 4.69) is 4.72 Å². The first kappa shape index (κ1) is 21.4. The summed E-state index contributed by atoms with van der Waals surface area (Å²) in [4.78, 5) is 13.5. The lowest BCUT2D eigenvalue weighted by Crippen LogP contribution is -2.48. The lowest BCUT2D eigenvalue weighted by molar-refractivity contribution is -0.137. The zero-order valence-corrected chi connectivity index (χ0v) is 16.7. The minimum atomic E-state index is -4.78. The minimum absolute atomic E-state index is 0.363. The van der Waals surface area contributed by atoms with Crippen LogP contribution < -0.4 is 4.72 Å². The summed E-state index contributed by atoms with van der Waals surface area (Å²) in [5, 5.41) is -0.585. The molecule has 2 atom stereocenters. The Morgan fingerprint density at radius 1 is 1.18 bits per heavy atom. The number of hydrogen-bond donors (Lipinski definition) is 1. The second-order valence-electron chi connectivity index (χ2n) is 7.40. The molecule has 2 fully saturated rings. The van der Waals surface area contributed by atoms with E-state index in [-0.39, 0.29) is 5.91 Å². The zero-order valence-electron chi connectivity index (χ0n) is 15.1. The normalized spacial score (nSPS) is 23.4. The van der Waals surface area contributed by atoms with Gasteiger partial charge in [-0.3, -0.25) is 4.79 Å². The number of rotatable bonds is 4. The number of nitrogens with one attached hydrogen (secondary N) is 1. The van der Waals surface area contributed by atoms with Gasteiger partial charge < -0.3 is 4.90 Å². The van der Waals surface area contributed by atoms with Gasteiger partial charge in [-0.05, 0) is 42.9 Å². The molecule has 1 saturated carbocycles. The first-order valence-electron chi connectivity index (χ1n) is 9.22. The second kappa shape index (κ2) is 8.20. The van der Waals surface area contributed by atoms with Crippen molar-refractivity contribution in [2.45, 2.75) is 43.2 Å². The number of amides is 1. The van der Waals surface area contributed by atoms with Gasteiger partial charge in [-0.1, -0.05) is 30.9 Å². The number of carbonyl (C=O) groups is 1. The van der Waals surface area contributed by atoms with Gasteiger partial charge in [0.2, 0.25) is 15.9 Å². The Kier molecular flexibility index (Phi) is 6.26. The topological polar surface area (TPSA) is 66.5 Å². The number of piperidine rings is 1. The molecule has 0 radical (unpaired) electrons. The zero-order chi connectivity index (χ0) is 20.5. The summed E-state index contributed by atoms with van der Waals surface area (Å²) in [5.74, 6) is 0.718. The van der Waals surface area contributed by atoms with Crippen molar-refractivity contribution >= 4 is 27.5 Å². The summed E-state index contributed by atoms with van der Waals surface area (Å²) in [5.41, 5.74) is -1.23. The van der Waals surface area contributed by atoms with Gasteiger partial charge >= 0.3 is 6.18 Å². The van der Waals surface area contributed by atoms with E-state index in [4.69, 9.17) is 11.6 Å². The van der Waals surface area contributed by atoms with Gasteiger partial charge in [0.05, 0.1) is 22.0 Å². The van der Waals surface area contributed by atoms with Crippen LogP contribution in [0.5, 0.6) is 0 Å². The Labute approximate surface area is 167 Å². The third-order valence-corrected chi connectivity index (χ3v) is 7.34. The largest absolute Gasteiger partial charge is 0.417 e. The number of sulfonamides is 1. The first-order chi connectivity index (χ1) is 13.1. The maximum Gasteiger partial charge on any atom is 0.417 e. The highest BCUT2D eigenvalue weighted by molar-refractivity contribution is 7.89. The Hall–Kier alpha value is -1.32. The molecule has 1 N–H and O–H groups in total. The van der Waals surface area contributed by atoms with Gasteiger partial charge in [0, 0.05) is 13.1 Å². The van der Waals surface area contributed by atoms with Crippen molar-refractivity contribution in [2.75, 3.05) is 19.6 Å². The summed E-state index contributed by atoms with van der Waals surface area (Å²) >= 11 is 5.52. The molecule has 10 heteroatoms. The molecular formula is C18H22ClF3N2O3S. The number of hydrogen-bond acceptors (Lipinski definition) is 3. The second-order valence-corrected chi connectivity index (χ2v) is 9.57. The summed E-state index contributed by atoms with van der Waals surface area (Å²) in [6, 6.07) is 2.34. The van der Waals surface area contributed by atoms with Crippen molar-refractivity contribution in [2.24, 2.45) is 11.8 Å². The Balaban J connectivity index is 1.64. The van der Waals surface area contributed by atoms with Crippen LogP contribution in [0.15, 0.2) is 23.1 Å². The molecule has 1 aliphatic heterocycles. The van der Waals surface area contributed by atoms with Gasteiger partial charge in [-0.15, -0.1) is 0 Å².